The predicted molar refractivity (Wildman–Crippen MR) is 43.8 cm³/mol. The number of fused-ring (bicyclic) bond motifs is 1. The van der Waals surface area contributed by atoms with E-state index in [-0.39, 0.29) is 39.9 Å². The zero-order valence-corrected chi connectivity index (χ0v) is 8.72. The smallest absolute Gasteiger partial charge is 0 e. The number of rotatable bonds is 0. The molecule has 0 aliphatic heterocycles. The molecule has 0 aromatic heterocycles. The van der Waals surface area contributed by atoms with E-state index in [0.717, 1.165) is 6.42 Å². The standard InChI is InChI=1S/C10H10.Gd/c1-8-6-9-4-2-3-5-10(9)7-8;/h2-6H,7H2,1H3;. The van der Waals surface area contributed by atoms with Crippen LogP contribution in [0.4, 0.5) is 0 Å². The Bertz CT molecular complexity index is 287. The van der Waals surface area contributed by atoms with Crippen LogP contribution in [0.25, 0.3) is 6.08 Å². The van der Waals surface area contributed by atoms with Crippen molar-refractivity contribution in [1.29, 1.82) is 0 Å². The SMILES string of the molecule is CC1=Cc2ccccc2C1.[Gd]. The molecule has 1 aromatic rings. The van der Waals surface area contributed by atoms with Gasteiger partial charge in [-0.25, -0.2) is 0 Å². The molecule has 0 nitrogen and oxygen atoms in total. The molecule has 0 heterocycles. The van der Waals surface area contributed by atoms with Crippen LogP contribution in [0.5, 0.6) is 0 Å². The summed E-state index contributed by atoms with van der Waals surface area (Å²) in [7, 11) is 0. The van der Waals surface area contributed by atoms with Crippen molar-refractivity contribution in [3.8, 4) is 0 Å². The molecule has 0 fully saturated rings. The van der Waals surface area contributed by atoms with E-state index >= 15 is 0 Å². The van der Waals surface area contributed by atoms with Crippen molar-refractivity contribution in [3.05, 3.63) is 41.0 Å². The first-order valence-electron chi connectivity index (χ1n) is 3.61. The van der Waals surface area contributed by atoms with Gasteiger partial charge in [-0.15, -0.1) is 0 Å². The van der Waals surface area contributed by atoms with Gasteiger partial charge in [0, 0.05) is 39.9 Å². The Labute approximate surface area is 99.4 Å². The van der Waals surface area contributed by atoms with Crippen molar-refractivity contribution >= 4 is 6.08 Å². The summed E-state index contributed by atoms with van der Waals surface area (Å²) in [5, 5.41) is 0. The molecule has 2 rings (SSSR count). The summed E-state index contributed by atoms with van der Waals surface area (Å²) in [5.74, 6) is 0. The Morgan fingerprint density at radius 2 is 1.91 bits per heavy atom. The minimum Gasteiger partial charge on any atom is -0.0683 e. The largest absolute Gasteiger partial charge is 0.0683 e. The fourth-order valence-corrected chi connectivity index (χ4v) is 1.45. The first-order chi connectivity index (χ1) is 4.86. The topological polar surface area (TPSA) is 0 Å². The fraction of sp³-hybridized carbons (Fsp3) is 0.200. The second kappa shape index (κ2) is 3.79. The monoisotopic (exact) mass is 288 g/mol. The molecule has 0 amide bonds. The van der Waals surface area contributed by atoms with Crippen molar-refractivity contribution < 1.29 is 39.9 Å². The van der Waals surface area contributed by atoms with E-state index in [0.29, 0.717) is 0 Å². The maximum absolute atomic E-state index is 2.26. The third kappa shape index (κ3) is 1.90. The van der Waals surface area contributed by atoms with Gasteiger partial charge in [0.05, 0.1) is 0 Å². The molecule has 11 heavy (non-hydrogen) atoms. The van der Waals surface area contributed by atoms with Crippen LogP contribution in [0.1, 0.15) is 18.1 Å². The van der Waals surface area contributed by atoms with Gasteiger partial charge < -0.3 is 0 Å². The summed E-state index contributed by atoms with van der Waals surface area (Å²) >= 11 is 0. The van der Waals surface area contributed by atoms with Crippen LogP contribution >= 0.6 is 0 Å². The van der Waals surface area contributed by atoms with Crippen LogP contribution in [-0.2, 0) is 6.42 Å². The first-order valence-corrected chi connectivity index (χ1v) is 3.61. The van der Waals surface area contributed by atoms with Gasteiger partial charge in [-0.3, -0.25) is 0 Å². The molecule has 0 bridgehead atoms. The summed E-state index contributed by atoms with van der Waals surface area (Å²) in [4.78, 5) is 0. The third-order valence-electron chi connectivity index (χ3n) is 1.93. The minimum atomic E-state index is 0. The van der Waals surface area contributed by atoms with Crippen LogP contribution in [0, 0.1) is 39.9 Å². The molecule has 1 aliphatic carbocycles. The van der Waals surface area contributed by atoms with Gasteiger partial charge in [0.2, 0.25) is 0 Å². The van der Waals surface area contributed by atoms with Gasteiger partial charge >= 0.3 is 0 Å². The van der Waals surface area contributed by atoms with E-state index in [1.54, 1.807) is 0 Å². The maximum Gasteiger partial charge on any atom is 0 e. The normalized spacial score (nSPS) is 13.4. The van der Waals surface area contributed by atoms with E-state index in [1.807, 2.05) is 0 Å². The summed E-state index contributed by atoms with van der Waals surface area (Å²) in [6.07, 6.45) is 3.41. The summed E-state index contributed by atoms with van der Waals surface area (Å²) in [6.45, 7) is 2.18. The minimum absolute atomic E-state index is 0. The van der Waals surface area contributed by atoms with Crippen LogP contribution in [0.3, 0.4) is 0 Å². The second-order valence-electron chi connectivity index (χ2n) is 2.87. The molecule has 58 valence electrons. The average molecular weight is 287 g/mol. The molecule has 1 aliphatic rings. The van der Waals surface area contributed by atoms with Crippen LogP contribution in [0.2, 0.25) is 0 Å². The van der Waals surface area contributed by atoms with Crippen LogP contribution in [0.15, 0.2) is 29.8 Å². The van der Waals surface area contributed by atoms with Gasteiger partial charge in [-0.2, -0.15) is 0 Å². The van der Waals surface area contributed by atoms with Crippen molar-refractivity contribution in [2.24, 2.45) is 0 Å². The molecular weight excluding hydrogens is 277 g/mol. The number of benzene rings is 1. The molecule has 0 spiro atoms. The quantitative estimate of drug-likeness (QED) is 0.688. The van der Waals surface area contributed by atoms with E-state index in [1.165, 1.54) is 16.7 Å². The first kappa shape index (κ1) is 9.37. The van der Waals surface area contributed by atoms with Gasteiger partial charge in [-0.05, 0) is 24.5 Å². The van der Waals surface area contributed by atoms with Crippen molar-refractivity contribution in [1.82, 2.24) is 0 Å². The number of hydrogen-bond donors (Lipinski definition) is 0. The van der Waals surface area contributed by atoms with Gasteiger partial charge in [0.1, 0.15) is 0 Å². The Kier molecular flexibility index (Phi) is 3.23. The van der Waals surface area contributed by atoms with E-state index in [9.17, 15) is 0 Å². The molecular formula is C10H10Gd. The molecule has 1 aromatic carbocycles. The summed E-state index contributed by atoms with van der Waals surface area (Å²) in [5.41, 5.74) is 4.35. The molecule has 1 heteroatoms. The van der Waals surface area contributed by atoms with Crippen LogP contribution < -0.4 is 0 Å². The molecule has 0 N–H and O–H groups in total. The average Bonchev–Trinajstić information content (AvgIpc) is 2.27. The Hall–Kier alpha value is 0.285. The number of allylic oxidation sites excluding steroid dienone is 1. The zero-order chi connectivity index (χ0) is 6.97. The van der Waals surface area contributed by atoms with Crippen LogP contribution in [-0.4, -0.2) is 0 Å². The van der Waals surface area contributed by atoms with E-state index in [4.69, 9.17) is 0 Å². The van der Waals surface area contributed by atoms with Crippen molar-refractivity contribution in [3.63, 3.8) is 0 Å². The Balaban J connectivity index is 0.000000605. The predicted octanol–water partition coefficient (Wildman–Crippen LogP) is 2.65. The fourth-order valence-electron chi connectivity index (χ4n) is 1.45. The molecule has 0 unspecified atom stereocenters. The molecule has 0 saturated carbocycles. The van der Waals surface area contributed by atoms with Gasteiger partial charge in [-0.1, -0.05) is 35.9 Å². The second-order valence-corrected chi connectivity index (χ2v) is 2.87. The molecule has 0 radical (unpaired) electrons. The molecule has 0 atom stereocenters. The van der Waals surface area contributed by atoms with Crippen molar-refractivity contribution in [2.75, 3.05) is 0 Å². The summed E-state index contributed by atoms with van der Waals surface area (Å²) in [6, 6.07) is 8.56. The van der Waals surface area contributed by atoms with Crippen molar-refractivity contribution in [2.45, 2.75) is 13.3 Å². The van der Waals surface area contributed by atoms with E-state index in [2.05, 4.69) is 37.3 Å². The number of hydrogen-bond acceptors (Lipinski definition) is 0. The summed E-state index contributed by atoms with van der Waals surface area (Å²) < 4.78 is 0. The molecule has 0 saturated heterocycles. The van der Waals surface area contributed by atoms with Gasteiger partial charge in [0.25, 0.3) is 0 Å². The zero-order valence-electron chi connectivity index (χ0n) is 6.45. The van der Waals surface area contributed by atoms with Gasteiger partial charge in [0.15, 0.2) is 0 Å². The van der Waals surface area contributed by atoms with E-state index < -0.39 is 0 Å². The maximum atomic E-state index is 2.26. The Morgan fingerprint density at radius 1 is 1.18 bits per heavy atom. The third-order valence-corrected chi connectivity index (χ3v) is 1.93. The Morgan fingerprint density at radius 3 is 2.64 bits per heavy atom.